The molecule has 5 rings (SSSR count). The Morgan fingerprint density at radius 1 is 1.35 bits per heavy atom. The van der Waals surface area contributed by atoms with Crippen molar-refractivity contribution in [2.24, 2.45) is 5.92 Å². The fraction of sp³-hybridized carbons (Fsp3) is 0.538. The van der Waals surface area contributed by atoms with Crippen LogP contribution in [0.1, 0.15) is 18.5 Å². The van der Waals surface area contributed by atoms with E-state index in [9.17, 15) is 0 Å². The molecule has 1 aromatic heterocycles. The Morgan fingerprint density at radius 2 is 2.24 bits per heavy atom. The number of aromatic nitrogens is 1. The van der Waals surface area contributed by atoms with Gasteiger partial charge in [0.05, 0.1) is 11.4 Å². The molecule has 2 N–H and O–H groups in total. The van der Waals surface area contributed by atoms with Crippen molar-refractivity contribution in [1.82, 2.24) is 15.4 Å². The van der Waals surface area contributed by atoms with Crippen LogP contribution in [0.4, 0.5) is 0 Å². The van der Waals surface area contributed by atoms with Crippen molar-refractivity contribution in [3.05, 3.63) is 30.1 Å². The number of rotatable bonds is 1. The minimum absolute atomic E-state index is 0.0864. The van der Waals surface area contributed by atoms with E-state index in [2.05, 4.69) is 27.5 Å². The Hall–Kier alpha value is -1.26. The van der Waals surface area contributed by atoms with Crippen LogP contribution in [-0.2, 0) is 4.84 Å². The average Bonchev–Trinajstić information content (AvgIpc) is 3.00. The molecule has 5 heterocycles. The number of nitrogens with one attached hydrogen (secondary N) is 2. The Kier molecular flexibility index (Phi) is 1.93. The quantitative estimate of drug-likeness (QED) is 0.766. The predicted molar refractivity (Wildman–Crippen MR) is 64.9 cm³/mol. The summed E-state index contributed by atoms with van der Waals surface area (Å²) in [5.41, 5.74) is 5.22. The number of piperidine rings is 3. The molecule has 1 unspecified atom stereocenters. The first-order valence-corrected chi connectivity index (χ1v) is 6.39. The molecule has 17 heavy (non-hydrogen) atoms. The number of hydrogen-bond acceptors (Lipinski definition) is 3. The molecule has 4 aliphatic rings. The Morgan fingerprint density at radius 3 is 2.88 bits per heavy atom. The van der Waals surface area contributed by atoms with Gasteiger partial charge in [-0.25, -0.2) is 0 Å². The standard InChI is InChI=1S/C13H17N3O/c1-2-11(14-5-1)12-8-13(17-15-12)9-16-6-3-10(13)4-7-16/h1-2,5,8,10,14-15H,3-4,6-7,9H2. The molecule has 3 fully saturated rings. The highest BCUT2D eigenvalue weighted by molar-refractivity contribution is 5.63. The van der Waals surface area contributed by atoms with Gasteiger partial charge in [-0.05, 0) is 50.1 Å². The molecule has 3 saturated heterocycles. The van der Waals surface area contributed by atoms with E-state index in [1.165, 1.54) is 25.9 Å². The number of hydroxylamine groups is 1. The lowest BCUT2D eigenvalue weighted by Crippen LogP contribution is -2.58. The monoisotopic (exact) mass is 231 g/mol. The van der Waals surface area contributed by atoms with Crippen LogP contribution in [0.15, 0.2) is 24.4 Å². The zero-order valence-electron chi connectivity index (χ0n) is 9.78. The van der Waals surface area contributed by atoms with Crippen molar-refractivity contribution in [2.75, 3.05) is 19.6 Å². The topological polar surface area (TPSA) is 40.3 Å². The van der Waals surface area contributed by atoms with Crippen molar-refractivity contribution in [2.45, 2.75) is 18.4 Å². The second kappa shape index (κ2) is 3.37. The van der Waals surface area contributed by atoms with Gasteiger partial charge in [0, 0.05) is 12.7 Å². The summed E-state index contributed by atoms with van der Waals surface area (Å²) < 4.78 is 0. The third kappa shape index (κ3) is 1.37. The lowest BCUT2D eigenvalue weighted by molar-refractivity contribution is -0.135. The molecule has 1 aromatic rings. The van der Waals surface area contributed by atoms with Gasteiger partial charge in [0.1, 0.15) is 5.60 Å². The van der Waals surface area contributed by atoms with E-state index in [0.717, 1.165) is 17.9 Å². The normalized spacial score (nSPS) is 39.4. The molecule has 0 amide bonds. The minimum Gasteiger partial charge on any atom is -0.360 e. The summed E-state index contributed by atoms with van der Waals surface area (Å²) in [6.45, 7) is 3.51. The fourth-order valence-corrected chi connectivity index (χ4v) is 3.42. The van der Waals surface area contributed by atoms with Crippen LogP contribution in [0.3, 0.4) is 0 Å². The lowest BCUT2D eigenvalue weighted by Gasteiger charge is -2.49. The first-order chi connectivity index (χ1) is 8.36. The Balaban J connectivity index is 1.68. The first-order valence-electron chi connectivity index (χ1n) is 6.39. The van der Waals surface area contributed by atoms with Crippen molar-refractivity contribution in [3.63, 3.8) is 0 Å². The van der Waals surface area contributed by atoms with E-state index in [1.807, 2.05) is 12.3 Å². The summed E-state index contributed by atoms with van der Waals surface area (Å²) in [4.78, 5) is 11.7. The first kappa shape index (κ1) is 9.74. The molecular weight excluding hydrogens is 214 g/mol. The summed E-state index contributed by atoms with van der Waals surface area (Å²) in [5, 5.41) is 0. The molecule has 0 radical (unpaired) electrons. The highest BCUT2D eigenvalue weighted by Crippen LogP contribution is 2.42. The molecular formula is C13H17N3O. The van der Waals surface area contributed by atoms with Gasteiger partial charge in [0.15, 0.2) is 0 Å². The third-order valence-electron chi connectivity index (χ3n) is 4.38. The van der Waals surface area contributed by atoms with Gasteiger partial charge in [-0.15, -0.1) is 0 Å². The second-order valence-electron chi connectivity index (χ2n) is 5.35. The Labute approximate surface area is 101 Å². The highest BCUT2D eigenvalue weighted by atomic mass is 16.7. The largest absolute Gasteiger partial charge is 0.360 e. The lowest BCUT2D eigenvalue weighted by atomic mass is 9.75. The Bertz CT molecular complexity index is 445. The molecule has 4 heteroatoms. The summed E-state index contributed by atoms with van der Waals surface area (Å²) in [6, 6.07) is 4.09. The maximum absolute atomic E-state index is 5.95. The smallest absolute Gasteiger partial charge is 0.132 e. The third-order valence-corrected chi connectivity index (χ3v) is 4.38. The summed E-state index contributed by atoms with van der Waals surface area (Å²) >= 11 is 0. The number of aromatic amines is 1. The van der Waals surface area contributed by atoms with Gasteiger partial charge >= 0.3 is 0 Å². The maximum atomic E-state index is 5.95. The average molecular weight is 231 g/mol. The number of H-pyrrole nitrogens is 1. The van der Waals surface area contributed by atoms with Crippen molar-refractivity contribution < 1.29 is 4.84 Å². The second-order valence-corrected chi connectivity index (χ2v) is 5.35. The number of hydrogen-bond donors (Lipinski definition) is 2. The van der Waals surface area contributed by atoms with Crippen LogP contribution in [0.5, 0.6) is 0 Å². The molecule has 0 aliphatic carbocycles. The van der Waals surface area contributed by atoms with Crippen molar-refractivity contribution in [3.8, 4) is 0 Å². The van der Waals surface area contributed by atoms with Gasteiger partial charge in [0.25, 0.3) is 0 Å². The van der Waals surface area contributed by atoms with E-state index in [-0.39, 0.29) is 5.60 Å². The molecule has 1 spiro atoms. The van der Waals surface area contributed by atoms with Crippen LogP contribution in [0.2, 0.25) is 0 Å². The van der Waals surface area contributed by atoms with Gasteiger partial charge in [-0.2, -0.15) is 0 Å². The van der Waals surface area contributed by atoms with E-state index in [1.54, 1.807) is 0 Å². The van der Waals surface area contributed by atoms with Crippen molar-refractivity contribution in [1.29, 1.82) is 0 Å². The fourth-order valence-electron chi connectivity index (χ4n) is 3.42. The summed E-state index contributed by atoms with van der Waals surface area (Å²) in [5.74, 6) is 0.674. The van der Waals surface area contributed by atoms with Gasteiger partial charge < -0.3 is 4.98 Å². The molecule has 1 atom stereocenters. The SMILES string of the molecule is C1=C(c2ccc[nH]2)NOC12CN1CCC2CC1. The summed E-state index contributed by atoms with van der Waals surface area (Å²) in [6.07, 6.45) is 6.75. The maximum Gasteiger partial charge on any atom is 0.132 e. The van der Waals surface area contributed by atoms with E-state index >= 15 is 0 Å². The molecule has 90 valence electrons. The molecule has 0 aromatic carbocycles. The van der Waals surface area contributed by atoms with Crippen LogP contribution >= 0.6 is 0 Å². The van der Waals surface area contributed by atoms with Crippen LogP contribution < -0.4 is 5.48 Å². The number of nitrogens with zero attached hydrogens (tertiary/aromatic N) is 1. The van der Waals surface area contributed by atoms with Crippen LogP contribution in [-0.4, -0.2) is 35.1 Å². The van der Waals surface area contributed by atoms with Gasteiger partial charge in [-0.3, -0.25) is 15.2 Å². The predicted octanol–water partition coefficient (Wildman–Crippen LogP) is 1.35. The molecule has 2 bridgehead atoms. The van der Waals surface area contributed by atoms with E-state index < -0.39 is 0 Å². The zero-order valence-corrected chi connectivity index (χ0v) is 9.78. The highest BCUT2D eigenvalue weighted by Gasteiger charge is 2.49. The van der Waals surface area contributed by atoms with Gasteiger partial charge in [-0.1, -0.05) is 0 Å². The van der Waals surface area contributed by atoms with Crippen LogP contribution in [0, 0.1) is 5.92 Å². The molecule has 4 nitrogen and oxygen atoms in total. The van der Waals surface area contributed by atoms with Crippen molar-refractivity contribution >= 4 is 5.70 Å². The number of fused-ring (bicyclic) bond motifs is 2. The minimum atomic E-state index is -0.0864. The zero-order chi connectivity index (χ0) is 11.3. The van der Waals surface area contributed by atoms with E-state index in [4.69, 9.17) is 4.84 Å². The molecule has 0 saturated carbocycles. The molecule has 4 aliphatic heterocycles. The summed E-state index contributed by atoms with van der Waals surface area (Å²) in [7, 11) is 0. The van der Waals surface area contributed by atoms with Crippen LogP contribution in [0.25, 0.3) is 5.70 Å². The van der Waals surface area contributed by atoms with E-state index in [0.29, 0.717) is 5.92 Å². The van der Waals surface area contributed by atoms with Gasteiger partial charge in [0.2, 0.25) is 0 Å².